The third-order valence-corrected chi connectivity index (χ3v) is 3.59. The van der Waals surface area contributed by atoms with Crippen LogP contribution in [0.15, 0.2) is 0 Å². The number of ether oxygens (including phenoxy) is 1. The number of nitrogens with one attached hydrogen (secondary N) is 1. The number of likely N-dealkylation sites (tertiary alicyclic amines) is 1. The molecule has 0 radical (unpaired) electrons. The van der Waals surface area contributed by atoms with Gasteiger partial charge in [0, 0.05) is 32.8 Å². The third-order valence-electron chi connectivity index (χ3n) is 3.59. The molecule has 1 heterocycles. The number of methoxy groups -OCH3 is 1. The number of nitrogens with two attached hydrogens (primary N) is 1. The number of hydrogen-bond acceptors (Lipinski definition) is 4. The highest BCUT2D eigenvalue weighted by Crippen LogP contribution is 2.18. The average Bonchev–Trinajstić information content (AvgIpc) is 2.39. The van der Waals surface area contributed by atoms with Crippen molar-refractivity contribution in [3.63, 3.8) is 0 Å². The van der Waals surface area contributed by atoms with Gasteiger partial charge in [0.2, 0.25) is 5.91 Å². The normalized spacial score (nSPS) is 25.1. The first-order chi connectivity index (χ1) is 8.71. The van der Waals surface area contributed by atoms with Crippen molar-refractivity contribution in [3.8, 4) is 0 Å². The second kappa shape index (κ2) is 8.45. The van der Waals surface area contributed by atoms with Crippen LogP contribution in [-0.2, 0) is 9.53 Å². The molecule has 18 heavy (non-hydrogen) atoms. The van der Waals surface area contributed by atoms with E-state index in [4.69, 9.17) is 10.5 Å². The quantitative estimate of drug-likeness (QED) is 0.645. The Morgan fingerprint density at radius 2 is 2.33 bits per heavy atom. The molecular weight excluding hydrogens is 230 g/mol. The zero-order chi connectivity index (χ0) is 13.4. The number of unbranched alkanes of at least 4 members (excludes halogenated alkanes) is 1. The Morgan fingerprint density at radius 1 is 1.56 bits per heavy atom. The van der Waals surface area contributed by atoms with Crippen LogP contribution in [0.3, 0.4) is 0 Å². The molecule has 0 aromatic heterocycles. The molecule has 106 valence electrons. The molecular formula is C13H27N3O2. The van der Waals surface area contributed by atoms with Crippen LogP contribution in [0.1, 0.15) is 32.6 Å². The maximum Gasteiger partial charge on any atom is 0.234 e. The maximum atomic E-state index is 11.8. The van der Waals surface area contributed by atoms with Crippen LogP contribution < -0.4 is 11.1 Å². The van der Waals surface area contributed by atoms with Crippen molar-refractivity contribution in [1.29, 1.82) is 0 Å². The average molecular weight is 257 g/mol. The minimum Gasteiger partial charge on any atom is -0.381 e. The van der Waals surface area contributed by atoms with Gasteiger partial charge in [-0.15, -0.1) is 0 Å². The molecule has 1 fully saturated rings. The van der Waals surface area contributed by atoms with E-state index in [0.29, 0.717) is 13.1 Å². The van der Waals surface area contributed by atoms with Crippen LogP contribution in [0.25, 0.3) is 0 Å². The Morgan fingerprint density at radius 3 is 2.94 bits per heavy atom. The predicted molar refractivity (Wildman–Crippen MR) is 72.4 cm³/mol. The Kier molecular flexibility index (Phi) is 7.23. The van der Waals surface area contributed by atoms with Gasteiger partial charge in [0.05, 0.1) is 12.6 Å². The number of nitrogens with zero attached hydrogens (tertiary/aromatic N) is 1. The monoisotopic (exact) mass is 257 g/mol. The first-order valence-electron chi connectivity index (χ1n) is 6.94. The van der Waals surface area contributed by atoms with Crippen molar-refractivity contribution >= 4 is 5.91 Å². The molecule has 3 N–H and O–H groups in total. The summed E-state index contributed by atoms with van der Waals surface area (Å²) in [5, 5.41) is 2.95. The smallest absolute Gasteiger partial charge is 0.234 e. The number of amides is 1. The van der Waals surface area contributed by atoms with E-state index in [2.05, 4.69) is 17.1 Å². The number of rotatable bonds is 7. The van der Waals surface area contributed by atoms with E-state index in [1.165, 1.54) is 0 Å². The molecule has 0 bridgehead atoms. The number of carbonyl (C=O) groups is 1. The summed E-state index contributed by atoms with van der Waals surface area (Å²) in [6.45, 7) is 4.83. The number of hydrogen-bond donors (Lipinski definition) is 2. The van der Waals surface area contributed by atoms with E-state index < -0.39 is 0 Å². The molecule has 0 aliphatic carbocycles. The standard InChI is InChI=1S/C13H27N3O2/c1-3-4-6-15-13(17)10-16-7-5-12(18-2)8-11(16)9-14/h11-12H,3-10,14H2,1-2H3,(H,15,17). The second-order valence-electron chi connectivity index (χ2n) is 4.95. The van der Waals surface area contributed by atoms with Gasteiger partial charge in [0.25, 0.3) is 0 Å². The fourth-order valence-corrected chi connectivity index (χ4v) is 2.38. The van der Waals surface area contributed by atoms with Crippen LogP contribution in [-0.4, -0.2) is 56.2 Å². The minimum atomic E-state index is 0.109. The Labute approximate surface area is 110 Å². The lowest BCUT2D eigenvalue weighted by atomic mass is 9.99. The fraction of sp³-hybridized carbons (Fsp3) is 0.923. The zero-order valence-electron chi connectivity index (χ0n) is 11.7. The minimum absolute atomic E-state index is 0.109. The van der Waals surface area contributed by atoms with Crippen molar-refractivity contribution in [2.75, 3.05) is 33.3 Å². The van der Waals surface area contributed by atoms with E-state index >= 15 is 0 Å². The van der Waals surface area contributed by atoms with E-state index in [1.807, 2.05) is 0 Å². The lowest BCUT2D eigenvalue weighted by Gasteiger charge is -2.37. The summed E-state index contributed by atoms with van der Waals surface area (Å²) >= 11 is 0. The molecule has 0 aromatic carbocycles. The van der Waals surface area contributed by atoms with Gasteiger partial charge in [-0.3, -0.25) is 9.69 Å². The molecule has 0 spiro atoms. The van der Waals surface area contributed by atoms with Crippen LogP contribution in [0.2, 0.25) is 0 Å². The third kappa shape index (κ3) is 4.92. The highest BCUT2D eigenvalue weighted by molar-refractivity contribution is 5.78. The van der Waals surface area contributed by atoms with E-state index in [0.717, 1.165) is 38.8 Å². The van der Waals surface area contributed by atoms with E-state index in [9.17, 15) is 4.79 Å². The van der Waals surface area contributed by atoms with Gasteiger partial charge in [-0.25, -0.2) is 0 Å². The molecule has 1 aliphatic rings. The Bertz CT molecular complexity index is 248. The molecule has 5 nitrogen and oxygen atoms in total. The maximum absolute atomic E-state index is 11.8. The van der Waals surface area contributed by atoms with Gasteiger partial charge in [-0.05, 0) is 19.3 Å². The number of piperidine rings is 1. The van der Waals surface area contributed by atoms with Crippen molar-refractivity contribution in [3.05, 3.63) is 0 Å². The van der Waals surface area contributed by atoms with Gasteiger partial charge < -0.3 is 15.8 Å². The highest BCUT2D eigenvalue weighted by atomic mass is 16.5. The summed E-state index contributed by atoms with van der Waals surface area (Å²) in [4.78, 5) is 14.0. The summed E-state index contributed by atoms with van der Waals surface area (Å²) < 4.78 is 5.37. The summed E-state index contributed by atoms with van der Waals surface area (Å²) in [5.74, 6) is 0.109. The lowest BCUT2D eigenvalue weighted by molar-refractivity contribution is -0.123. The highest BCUT2D eigenvalue weighted by Gasteiger charge is 2.28. The molecule has 1 rings (SSSR count). The molecule has 2 unspecified atom stereocenters. The van der Waals surface area contributed by atoms with Crippen molar-refractivity contribution in [2.24, 2.45) is 5.73 Å². The molecule has 0 saturated carbocycles. The van der Waals surface area contributed by atoms with Crippen LogP contribution in [0, 0.1) is 0 Å². The van der Waals surface area contributed by atoms with Crippen LogP contribution >= 0.6 is 0 Å². The van der Waals surface area contributed by atoms with Gasteiger partial charge in [0.15, 0.2) is 0 Å². The van der Waals surface area contributed by atoms with Crippen molar-refractivity contribution in [1.82, 2.24) is 10.2 Å². The Balaban J connectivity index is 2.33. The molecule has 2 atom stereocenters. The van der Waals surface area contributed by atoms with Crippen LogP contribution in [0.4, 0.5) is 0 Å². The summed E-state index contributed by atoms with van der Waals surface area (Å²) in [7, 11) is 1.74. The predicted octanol–water partition coefficient (Wildman–Crippen LogP) is 0.341. The van der Waals surface area contributed by atoms with E-state index in [-0.39, 0.29) is 18.1 Å². The molecule has 5 heteroatoms. The summed E-state index contributed by atoms with van der Waals surface area (Å²) in [5.41, 5.74) is 5.78. The van der Waals surface area contributed by atoms with Gasteiger partial charge in [-0.1, -0.05) is 13.3 Å². The lowest BCUT2D eigenvalue weighted by Crippen LogP contribution is -2.51. The first kappa shape index (κ1) is 15.4. The SMILES string of the molecule is CCCCNC(=O)CN1CCC(OC)CC1CN. The summed E-state index contributed by atoms with van der Waals surface area (Å²) in [6.07, 6.45) is 4.34. The molecule has 0 aromatic rings. The molecule has 1 amide bonds. The van der Waals surface area contributed by atoms with Crippen molar-refractivity contribution in [2.45, 2.75) is 44.8 Å². The second-order valence-corrected chi connectivity index (χ2v) is 4.95. The van der Waals surface area contributed by atoms with Gasteiger partial charge in [0.1, 0.15) is 0 Å². The molecule has 1 saturated heterocycles. The largest absolute Gasteiger partial charge is 0.381 e. The first-order valence-corrected chi connectivity index (χ1v) is 6.94. The number of carbonyl (C=O) groups excluding carboxylic acids is 1. The fourth-order valence-electron chi connectivity index (χ4n) is 2.38. The van der Waals surface area contributed by atoms with E-state index in [1.54, 1.807) is 7.11 Å². The molecule has 1 aliphatic heterocycles. The Hall–Kier alpha value is -0.650. The van der Waals surface area contributed by atoms with Crippen molar-refractivity contribution < 1.29 is 9.53 Å². The van der Waals surface area contributed by atoms with Gasteiger partial charge >= 0.3 is 0 Å². The van der Waals surface area contributed by atoms with Gasteiger partial charge in [-0.2, -0.15) is 0 Å². The zero-order valence-corrected chi connectivity index (χ0v) is 11.7. The van der Waals surface area contributed by atoms with Crippen LogP contribution in [0.5, 0.6) is 0 Å². The summed E-state index contributed by atoms with van der Waals surface area (Å²) in [6, 6.07) is 0.264. The topological polar surface area (TPSA) is 67.6 Å².